The molecule has 0 radical (unpaired) electrons. The first kappa shape index (κ1) is 21.4. The predicted molar refractivity (Wildman–Crippen MR) is 121 cm³/mol. The fourth-order valence-corrected chi connectivity index (χ4v) is 3.45. The molecule has 0 N–H and O–H groups in total. The Morgan fingerprint density at radius 1 is 1.03 bits per heavy atom. The molecule has 154 valence electrons. The number of rotatable bonds is 6. The maximum absolute atomic E-state index is 13.0. The summed E-state index contributed by atoms with van der Waals surface area (Å²) in [5, 5.41) is 0.948. The topological polar surface area (TPSA) is 56.3 Å². The van der Waals surface area contributed by atoms with Crippen molar-refractivity contribution < 1.29 is 14.3 Å². The van der Waals surface area contributed by atoms with Crippen LogP contribution in [-0.4, -0.2) is 22.7 Å². The number of fused-ring (bicyclic) bond motifs is 1. The van der Waals surface area contributed by atoms with Crippen LogP contribution >= 0.6 is 0 Å². The molecule has 0 aliphatic rings. The number of ether oxygens (including phenoxy) is 1. The van der Waals surface area contributed by atoms with Crippen molar-refractivity contribution in [3.63, 3.8) is 0 Å². The van der Waals surface area contributed by atoms with Crippen molar-refractivity contribution in [1.82, 2.24) is 4.98 Å². The van der Waals surface area contributed by atoms with Gasteiger partial charge in [0.2, 0.25) is 0 Å². The molecule has 0 saturated heterocycles. The molecule has 0 atom stereocenters. The van der Waals surface area contributed by atoms with Gasteiger partial charge in [-0.2, -0.15) is 0 Å². The van der Waals surface area contributed by atoms with Gasteiger partial charge >= 0.3 is 0 Å². The van der Waals surface area contributed by atoms with Crippen molar-refractivity contribution in [2.45, 2.75) is 47.1 Å². The molecule has 1 heterocycles. The third-order valence-electron chi connectivity index (χ3n) is 5.09. The lowest BCUT2D eigenvalue weighted by Crippen LogP contribution is -2.30. The summed E-state index contributed by atoms with van der Waals surface area (Å²) in [6, 6.07) is 13.6. The molecular weight excluding hydrogens is 374 g/mol. The van der Waals surface area contributed by atoms with Crippen LogP contribution in [0.1, 0.15) is 53.5 Å². The van der Waals surface area contributed by atoms with E-state index in [1.54, 1.807) is 19.9 Å². The molecule has 4 nitrogen and oxygen atoms in total. The molecule has 0 fully saturated rings. The second-order valence-corrected chi connectivity index (χ2v) is 8.27. The van der Waals surface area contributed by atoms with Crippen LogP contribution in [0.3, 0.4) is 0 Å². The third kappa shape index (κ3) is 4.48. The van der Waals surface area contributed by atoms with Crippen LogP contribution in [0.25, 0.3) is 16.5 Å². The Balaban J connectivity index is 1.94. The zero-order valence-electron chi connectivity index (χ0n) is 18.4. The lowest BCUT2D eigenvalue weighted by molar-refractivity contribution is -0.119. The monoisotopic (exact) mass is 401 g/mol. The SMILES string of the molecule is C/C(=C\C(=O)c1cc2ccccc2nc1C)c1cc(C)c(OC(C)(C)C=O)c(C)c1. The van der Waals surface area contributed by atoms with Crippen molar-refractivity contribution in [2.75, 3.05) is 0 Å². The average Bonchev–Trinajstić information content (AvgIpc) is 2.69. The van der Waals surface area contributed by atoms with Gasteiger partial charge in [-0.1, -0.05) is 18.2 Å². The fraction of sp³-hybridized carbons (Fsp3) is 0.269. The van der Waals surface area contributed by atoms with E-state index in [1.807, 2.05) is 70.2 Å². The smallest absolute Gasteiger partial charge is 0.187 e. The summed E-state index contributed by atoms with van der Waals surface area (Å²) in [6.07, 6.45) is 2.45. The molecule has 3 aromatic rings. The number of aromatic nitrogens is 1. The van der Waals surface area contributed by atoms with Crippen LogP contribution in [0.5, 0.6) is 5.75 Å². The second kappa shape index (κ2) is 8.23. The summed E-state index contributed by atoms with van der Waals surface area (Å²) < 4.78 is 5.89. The lowest BCUT2D eigenvalue weighted by Gasteiger charge is -2.23. The number of para-hydroxylation sites is 1. The first-order chi connectivity index (χ1) is 14.1. The molecule has 0 aliphatic heterocycles. The molecule has 0 saturated carbocycles. The molecule has 0 spiro atoms. The highest BCUT2D eigenvalue weighted by Crippen LogP contribution is 2.30. The molecule has 30 heavy (non-hydrogen) atoms. The van der Waals surface area contributed by atoms with Crippen LogP contribution in [0.4, 0.5) is 0 Å². The average molecular weight is 402 g/mol. The van der Waals surface area contributed by atoms with Gasteiger partial charge in [0.05, 0.1) is 5.52 Å². The Bertz CT molecular complexity index is 1150. The van der Waals surface area contributed by atoms with E-state index in [1.165, 1.54) is 0 Å². The van der Waals surface area contributed by atoms with Crippen LogP contribution in [0.15, 0.2) is 48.5 Å². The van der Waals surface area contributed by atoms with Crippen molar-refractivity contribution >= 4 is 28.5 Å². The minimum absolute atomic E-state index is 0.0685. The van der Waals surface area contributed by atoms with Gasteiger partial charge in [-0.3, -0.25) is 14.6 Å². The van der Waals surface area contributed by atoms with Crippen LogP contribution in [-0.2, 0) is 4.79 Å². The number of aldehydes is 1. The summed E-state index contributed by atoms with van der Waals surface area (Å²) in [7, 11) is 0. The number of hydrogen-bond donors (Lipinski definition) is 0. The molecule has 0 amide bonds. The van der Waals surface area contributed by atoms with Crippen molar-refractivity contribution in [1.29, 1.82) is 0 Å². The number of allylic oxidation sites excluding steroid dienone is 2. The Hall–Kier alpha value is -3.27. The van der Waals surface area contributed by atoms with Gasteiger partial charge in [0, 0.05) is 16.6 Å². The molecular formula is C26H27NO3. The van der Waals surface area contributed by atoms with E-state index in [0.29, 0.717) is 11.3 Å². The number of carbonyl (C=O) groups excluding carboxylic acids is 2. The maximum Gasteiger partial charge on any atom is 0.187 e. The van der Waals surface area contributed by atoms with Gasteiger partial charge in [0.1, 0.15) is 5.75 Å². The summed E-state index contributed by atoms with van der Waals surface area (Å²) in [5.41, 5.74) is 4.96. The molecule has 0 unspecified atom stereocenters. The lowest BCUT2D eigenvalue weighted by atomic mass is 9.97. The van der Waals surface area contributed by atoms with Crippen LogP contribution < -0.4 is 4.74 Å². The first-order valence-corrected chi connectivity index (χ1v) is 9.97. The van der Waals surface area contributed by atoms with E-state index < -0.39 is 5.60 Å². The zero-order chi connectivity index (χ0) is 22.1. The van der Waals surface area contributed by atoms with Crippen LogP contribution in [0.2, 0.25) is 0 Å². The van der Waals surface area contributed by atoms with E-state index in [0.717, 1.165) is 45.1 Å². The van der Waals surface area contributed by atoms with Crippen molar-refractivity contribution in [2.24, 2.45) is 0 Å². The number of hydrogen-bond acceptors (Lipinski definition) is 4. The van der Waals surface area contributed by atoms with Gasteiger partial charge in [-0.25, -0.2) is 0 Å². The number of carbonyl (C=O) groups is 2. The fourth-order valence-electron chi connectivity index (χ4n) is 3.45. The quantitative estimate of drug-likeness (QED) is 0.297. The molecule has 0 bridgehead atoms. The van der Waals surface area contributed by atoms with E-state index in [9.17, 15) is 9.59 Å². The first-order valence-electron chi connectivity index (χ1n) is 9.97. The predicted octanol–water partition coefficient (Wildman–Crippen LogP) is 5.80. The normalized spacial score (nSPS) is 12.1. The largest absolute Gasteiger partial charge is 0.480 e. The van der Waals surface area contributed by atoms with E-state index in [-0.39, 0.29) is 5.78 Å². The molecule has 4 heteroatoms. The van der Waals surface area contributed by atoms with Gasteiger partial charge < -0.3 is 4.74 Å². The van der Waals surface area contributed by atoms with E-state index in [4.69, 9.17) is 4.74 Å². The Kier molecular flexibility index (Phi) is 5.88. The maximum atomic E-state index is 13.0. The molecule has 2 aromatic carbocycles. The van der Waals surface area contributed by atoms with Gasteiger partial charge in [0.25, 0.3) is 0 Å². The third-order valence-corrected chi connectivity index (χ3v) is 5.09. The van der Waals surface area contributed by atoms with E-state index in [2.05, 4.69) is 4.98 Å². The zero-order valence-corrected chi connectivity index (χ0v) is 18.4. The minimum Gasteiger partial charge on any atom is -0.480 e. The van der Waals surface area contributed by atoms with E-state index >= 15 is 0 Å². The second-order valence-electron chi connectivity index (χ2n) is 8.27. The van der Waals surface area contributed by atoms with Gasteiger partial charge in [0.15, 0.2) is 17.7 Å². The number of aryl methyl sites for hydroxylation is 3. The number of nitrogens with zero attached hydrogens (tertiary/aromatic N) is 1. The highest BCUT2D eigenvalue weighted by atomic mass is 16.5. The Labute approximate surface area is 177 Å². The summed E-state index contributed by atoms with van der Waals surface area (Å²) in [5.74, 6) is 0.630. The number of ketones is 1. The molecule has 0 aliphatic carbocycles. The summed E-state index contributed by atoms with van der Waals surface area (Å²) in [4.78, 5) is 28.8. The van der Waals surface area contributed by atoms with Crippen molar-refractivity contribution in [3.8, 4) is 5.75 Å². The summed E-state index contributed by atoms with van der Waals surface area (Å²) in [6.45, 7) is 11.1. The standard InChI is InChI=1S/C26H27NO3/c1-16(21-11-17(2)25(18(3)12-21)30-26(5,6)15-28)13-24(29)22-14-20-9-7-8-10-23(20)27-19(22)4/h7-15H,1-6H3/b16-13+. The Morgan fingerprint density at radius 2 is 1.67 bits per heavy atom. The number of pyridine rings is 1. The minimum atomic E-state index is -0.890. The molecule has 3 rings (SSSR count). The van der Waals surface area contributed by atoms with Crippen molar-refractivity contribution in [3.05, 3.63) is 76.5 Å². The molecule has 1 aromatic heterocycles. The summed E-state index contributed by atoms with van der Waals surface area (Å²) >= 11 is 0. The van der Waals surface area contributed by atoms with Crippen LogP contribution in [0, 0.1) is 20.8 Å². The number of benzene rings is 2. The highest BCUT2D eigenvalue weighted by Gasteiger charge is 2.21. The highest BCUT2D eigenvalue weighted by molar-refractivity contribution is 6.10. The van der Waals surface area contributed by atoms with Gasteiger partial charge in [-0.15, -0.1) is 0 Å². The Morgan fingerprint density at radius 3 is 2.30 bits per heavy atom. The van der Waals surface area contributed by atoms with Gasteiger partial charge in [-0.05, 0) is 94.1 Å².